The molecule has 0 bridgehead atoms. The predicted molar refractivity (Wildman–Crippen MR) is 135 cm³/mol. The van der Waals surface area contributed by atoms with Crippen LogP contribution in [0.5, 0.6) is 5.75 Å². The van der Waals surface area contributed by atoms with E-state index in [1.165, 1.54) is 4.68 Å². The Kier molecular flexibility index (Phi) is 6.81. The van der Waals surface area contributed by atoms with Crippen molar-refractivity contribution < 1.29 is 9.13 Å². The number of anilines is 1. The van der Waals surface area contributed by atoms with Gasteiger partial charge in [-0.15, -0.1) is 0 Å². The number of hydrogen-bond acceptors (Lipinski definition) is 6. The molecule has 0 N–H and O–H groups in total. The standard InChI is InChI=1S/C25H26ClFN4O2S/c1-34-30-13-11-29(12-14-30)21-16-28-31(19-7-4-6-18(26)15-19)25(32)24(21)33-22-10-9-17-5-2-3-8-20(17)23(22)27/h2-8,15-16,22-23H,9-14H2,1H3. The van der Waals surface area contributed by atoms with Crippen LogP contribution in [0.15, 0.2) is 59.5 Å². The van der Waals surface area contributed by atoms with Crippen LogP contribution in [0.3, 0.4) is 0 Å². The smallest absolute Gasteiger partial charge is 0.316 e. The van der Waals surface area contributed by atoms with E-state index in [1.807, 2.05) is 18.2 Å². The molecule has 34 heavy (non-hydrogen) atoms. The van der Waals surface area contributed by atoms with Crippen molar-refractivity contribution in [1.82, 2.24) is 14.1 Å². The van der Waals surface area contributed by atoms with E-state index in [0.29, 0.717) is 34.8 Å². The normalized spacial score (nSPS) is 20.7. The number of fused-ring (bicyclic) bond motifs is 1. The number of benzene rings is 2. The lowest BCUT2D eigenvalue weighted by atomic mass is 9.88. The van der Waals surface area contributed by atoms with Crippen molar-refractivity contribution in [3.63, 3.8) is 0 Å². The molecular weight excluding hydrogens is 475 g/mol. The Hall–Kier alpha value is -2.55. The molecule has 1 aliphatic carbocycles. The zero-order valence-electron chi connectivity index (χ0n) is 18.9. The molecule has 3 aromatic rings. The fraction of sp³-hybridized carbons (Fsp3) is 0.360. The van der Waals surface area contributed by atoms with Crippen LogP contribution in [0.4, 0.5) is 10.1 Å². The molecule has 2 aromatic carbocycles. The van der Waals surface area contributed by atoms with Crippen molar-refractivity contribution in [2.75, 3.05) is 37.3 Å². The van der Waals surface area contributed by atoms with Crippen molar-refractivity contribution >= 4 is 29.2 Å². The zero-order valence-corrected chi connectivity index (χ0v) is 20.4. The lowest BCUT2D eigenvalue weighted by Crippen LogP contribution is -2.44. The van der Waals surface area contributed by atoms with E-state index in [9.17, 15) is 4.79 Å². The van der Waals surface area contributed by atoms with Crippen LogP contribution in [0.1, 0.15) is 23.7 Å². The number of piperazine rings is 1. The van der Waals surface area contributed by atoms with Crippen molar-refractivity contribution in [2.24, 2.45) is 0 Å². The molecule has 9 heteroatoms. The van der Waals surface area contributed by atoms with E-state index in [2.05, 4.69) is 20.6 Å². The largest absolute Gasteiger partial charge is 0.479 e. The fourth-order valence-corrected chi connectivity index (χ4v) is 5.33. The Morgan fingerprint density at radius 3 is 2.68 bits per heavy atom. The maximum absolute atomic E-state index is 15.5. The second-order valence-corrected chi connectivity index (χ2v) is 9.77. The molecule has 1 aromatic heterocycles. The Balaban J connectivity index is 1.53. The molecule has 2 aliphatic rings. The number of ether oxygens (including phenoxy) is 1. The maximum atomic E-state index is 15.5. The summed E-state index contributed by atoms with van der Waals surface area (Å²) in [5.41, 5.74) is 2.35. The quantitative estimate of drug-likeness (QED) is 0.474. The van der Waals surface area contributed by atoms with Gasteiger partial charge in [0.1, 0.15) is 11.8 Å². The van der Waals surface area contributed by atoms with Crippen molar-refractivity contribution in [2.45, 2.75) is 25.1 Å². The van der Waals surface area contributed by atoms with Gasteiger partial charge < -0.3 is 9.64 Å². The SMILES string of the molecule is CSN1CCN(c2cnn(-c3cccc(Cl)c3)c(=O)c2OC2CCc3ccccc3C2F)CC1. The second-order valence-electron chi connectivity index (χ2n) is 8.45. The number of nitrogens with zero attached hydrogens (tertiary/aromatic N) is 4. The molecule has 0 saturated carbocycles. The molecule has 6 nitrogen and oxygen atoms in total. The number of aryl methyl sites for hydroxylation is 1. The first kappa shape index (κ1) is 23.2. The monoisotopic (exact) mass is 500 g/mol. The molecule has 1 saturated heterocycles. The average Bonchev–Trinajstić information content (AvgIpc) is 2.87. The van der Waals surface area contributed by atoms with Crippen LogP contribution >= 0.6 is 23.5 Å². The van der Waals surface area contributed by atoms with E-state index < -0.39 is 17.8 Å². The topological polar surface area (TPSA) is 50.6 Å². The summed E-state index contributed by atoms with van der Waals surface area (Å²) in [6.07, 6.45) is 2.85. The first-order valence-corrected chi connectivity index (χ1v) is 12.9. The van der Waals surface area contributed by atoms with Gasteiger partial charge in [-0.1, -0.05) is 53.9 Å². The van der Waals surface area contributed by atoms with Crippen LogP contribution in [0.2, 0.25) is 5.02 Å². The molecule has 2 unspecified atom stereocenters. The summed E-state index contributed by atoms with van der Waals surface area (Å²) in [4.78, 5) is 15.8. The maximum Gasteiger partial charge on any atom is 0.316 e. The van der Waals surface area contributed by atoms with Gasteiger partial charge >= 0.3 is 5.56 Å². The predicted octanol–water partition coefficient (Wildman–Crippen LogP) is 4.69. The lowest BCUT2D eigenvalue weighted by molar-refractivity contribution is 0.0823. The number of rotatable bonds is 5. The van der Waals surface area contributed by atoms with Gasteiger partial charge in [-0.3, -0.25) is 4.79 Å². The number of halogens is 2. The fourth-order valence-electron chi connectivity index (χ4n) is 4.61. The van der Waals surface area contributed by atoms with Gasteiger partial charge in [0.25, 0.3) is 0 Å². The zero-order chi connectivity index (χ0) is 23.7. The highest BCUT2D eigenvalue weighted by Crippen LogP contribution is 2.37. The first-order chi connectivity index (χ1) is 16.5. The van der Waals surface area contributed by atoms with Crippen LogP contribution in [-0.4, -0.2) is 52.6 Å². The van der Waals surface area contributed by atoms with Gasteiger partial charge in [-0.25, -0.2) is 8.70 Å². The summed E-state index contributed by atoms with van der Waals surface area (Å²) in [7, 11) is 0. The molecular formula is C25H26ClFN4O2S. The number of hydrogen-bond donors (Lipinski definition) is 0. The molecule has 1 fully saturated rings. The van der Waals surface area contributed by atoms with Crippen LogP contribution in [0.25, 0.3) is 5.69 Å². The van der Waals surface area contributed by atoms with Gasteiger partial charge in [-0.05, 0) is 48.4 Å². The van der Waals surface area contributed by atoms with Crippen molar-refractivity contribution in [3.8, 4) is 11.4 Å². The van der Waals surface area contributed by atoms with Gasteiger partial charge in [-0.2, -0.15) is 9.78 Å². The molecule has 2 atom stereocenters. The van der Waals surface area contributed by atoms with Gasteiger partial charge in [0.05, 0.1) is 11.9 Å². The summed E-state index contributed by atoms with van der Waals surface area (Å²) >= 11 is 7.86. The summed E-state index contributed by atoms with van der Waals surface area (Å²) < 4.78 is 25.3. The second kappa shape index (κ2) is 9.98. The third kappa shape index (κ3) is 4.54. The summed E-state index contributed by atoms with van der Waals surface area (Å²) in [5, 5.41) is 4.92. The molecule has 2 heterocycles. The van der Waals surface area contributed by atoms with Crippen LogP contribution in [-0.2, 0) is 6.42 Å². The summed E-state index contributed by atoms with van der Waals surface area (Å²) in [6.45, 7) is 3.15. The lowest BCUT2D eigenvalue weighted by Gasteiger charge is -2.36. The Labute approximate surface area is 207 Å². The molecule has 0 radical (unpaired) electrons. The van der Waals surface area contributed by atoms with Crippen LogP contribution < -0.4 is 15.2 Å². The van der Waals surface area contributed by atoms with Crippen LogP contribution in [0, 0.1) is 0 Å². The van der Waals surface area contributed by atoms with E-state index in [4.69, 9.17) is 16.3 Å². The molecule has 178 valence electrons. The van der Waals surface area contributed by atoms with Crippen molar-refractivity contribution in [3.05, 3.63) is 81.2 Å². The molecule has 0 amide bonds. The van der Waals surface area contributed by atoms with E-state index in [1.54, 1.807) is 48.5 Å². The van der Waals surface area contributed by atoms with E-state index in [-0.39, 0.29) is 5.75 Å². The third-order valence-electron chi connectivity index (χ3n) is 6.45. The Bertz CT molecular complexity index is 1230. The molecule has 1 aliphatic heterocycles. The summed E-state index contributed by atoms with van der Waals surface area (Å²) in [5.74, 6) is 0.139. The minimum atomic E-state index is -1.31. The Morgan fingerprint density at radius 2 is 1.91 bits per heavy atom. The van der Waals surface area contributed by atoms with E-state index >= 15 is 4.39 Å². The van der Waals surface area contributed by atoms with Gasteiger partial charge in [0.2, 0.25) is 5.75 Å². The van der Waals surface area contributed by atoms with E-state index in [0.717, 1.165) is 31.7 Å². The Morgan fingerprint density at radius 1 is 1.12 bits per heavy atom. The van der Waals surface area contributed by atoms with Crippen molar-refractivity contribution in [1.29, 1.82) is 0 Å². The minimum absolute atomic E-state index is 0.139. The highest BCUT2D eigenvalue weighted by Gasteiger charge is 2.33. The number of alkyl halides is 1. The minimum Gasteiger partial charge on any atom is -0.479 e. The molecule has 5 rings (SSSR count). The number of aromatic nitrogens is 2. The average molecular weight is 501 g/mol. The highest BCUT2D eigenvalue weighted by molar-refractivity contribution is 7.96. The summed E-state index contributed by atoms with van der Waals surface area (Å²) in [6, 6.07) is 14.4. The highest BCUT2D eigenvalue weighted by atomic mass is 35.5. The molecule has 0 spiro atoms. The third-order valence-corrected chi connectivity index (χ3v) is 7.57. The first-order valence-electron chi connectivity index (χ1n) is 11.4. The van der Waals surface area contributed by atoms with Gasteiger partial charge in [0, 0.05) is 31.2 Å². The van der Waals surface area contributed by atoms with Gasteiger partial charge in [0.15, 0.2) is 6.17 Å².